The number of fused-ring (bicyclic) bond motifs is 1. The second-order valence-corrected chi connectivity index (χ2v) is 9.41. The first-order valence-corrected chi connectivity index (χ1v) is 12.6. The van der Waals surface area contributed by atoms with Crippen LogP contribution >= 0.6 is 11.3 Å². The predicted octanol–water partition coefficient (Wildman–Crippen LogP) is 5.32. The summed E-state index contributed by atoms with van der Waals surface area (Å²) in [5.41, 5.74) is 4.44. The van der Waals surface area contributed by atoms with E-state index in [2.05, 4.69) is 5.32 Å². The second-order valence-electron chi connectivity index (χ2n) is 8.58. The van der Waals surface area contributed by atoms with E-state index in [9.17, 15) is 4.79 Å². The molecule has 1 N–H and O–H groups in total. The Bertz CT molecular complexity index is 1470. The van der Waals surface area contributed by atoms with Crippen molar-refractivity contribution in [3.05, 3.63) is 94.1 Å². The van der Waals surface area contributed by atoms with Gasteiger partial charge in [-0.15, -0.1) is 11.3 Å². The third-order valence-electron chi connectivity index (χ3n) is 5.39. The van der Waals surface area contributed by atoms with Crippen molar-refractivity contribution in [2.45, 2.75) is 26.5 Å². The number of nitrogens with zero attached hydrogens (tertiary/aromatic N) is 3. The number of hydrogen-bond donors (Lipinski definition) is 1. The molecule has 4 aromatic rings. The zero-order chi connectivity index (χ0) is 24.9. The molecular formula is C28H26N4O3S. The van der Waals surface area contributed by atoms with Crippen molar-refractivity contribution in [1.82, 2.24) is 4.68 Å². The van der Waals surface area contributed by atoms with Gasteiger partial charge in [-0.1, -0.05) is 42.5 Å². The highest BCUT2D eigenvalue weighted by Crippen LogP contribution is 2.33. The van der Waals surface area contributed by atoms with Crippen molar-refractivity contribution in [3.8, 4) is 22.8 Å². The number of amides is 1. The maximum Gasteiger partial charge on any atom is 0.262 e. The molecule has 1 aromatic heterocycles. The summed E-state index contributed by atoms with van der Waals surface area (Å²) in [6.45, 7) is 4.60. The molecule has 0 atom stereocenters. The summed E-state index contributed by atoms with van der Waals surface area (Å²) in [4.78, 5) is 17.3. The molecule has 0 saturated heterocycles. The first-order chi connectivity index (χ1) is 17.5. The predicted molar refractivity (Wildman–Crippen MR) is 143 cm³/mol. The van der Waals surface area contributed by atoms with Crippen molar-refractivity contribution in [3.63, 3.8) is 0 Å². The molecule has 0 radical (unpaired) electrons. The Labute approximate surface area is 213 Å². The summed E-state index contributed by atoms with van der Waals surface area (Å²) in [6, 6.07) is 23.7. The van der Waals surface area contributed by atoms with Crippen molar-refractivity contribution < 1.29 is 14.3 Å². The standard InChI is InChI=1S/C28H26N4O3S/c1-19(2)30-28-32(25(18-36-28)22-11-12-26-24(14-22)31-27(33)17-35-26)29-15-21-9-6-10-23(13-21)34-16-20-7-4-3-5-8-20/h3-15,18-19H,16-17H2,1-2H3,(H,31,33). The number of benzene rings is 3. The van der Waals surface area contributed by atoms with Gasteiger partial charge in [0.1, 0.15) is 18.1 Å². The van der Waals surface area contributed by atoms with Gasteiger partial charge in [-0.3, -0.25) is 9.79 Å². The lowest BCUT2D eigenvalue weighted by molar-refractivity contribution is -0.118. The Morgan fingerprint density at radius 2 is 1.97 bits per heavy atom. The molecule has 1 amide bonds. The van der Waals surface area contributed by atoms with E-state index in [1.165, 1.54) is 11.3 Å². The van der Waals surface area contributed by atoms with Gasteiger partial charge in [0.25, 0.3) is 5.91 Å². The summed E-state index contributed by atoms with van der Waals surface area (Å²) < 4.78 is 13.3. The van der Waals surface area contributed by atoms with Crippen molar-refractivity contribution in [2.75, 3.05) is 11.9 Å². The van der Waals surface area contributed by atoms with Gasteiger partial charge in [-0.05, 0) is 55.3 Å². The second kappa shape index (κ2) is 10.6. The van der Waals surface area contributed by atoms with Gasteiger partial charge < -0.3 is 14.8 Å². The number of thiazole rings is 1. The smallest absolute Gasteiger partial charge is 0.262 e. The molecule has 0 bridgehead atoms. The molecule has 3 aromatic carbocycles. The van der Waals surface area contributed by atoms with E-state index < -0.39 is 0 Å². The summed E-state index contributed by atoms with van der Waals surface area (Å²) in [5, 5.41) is 9.68. The van der Waals surface area contributed by atoms with Gasteiger partial charge in [0, 0.05) is 17.0 Å². The number of nitrogens with one attached hydrogen (secondary N) is 1. The largest absolute Gasteiger partial charge is 0.489 e. The van der Waals surface area contributed by atoms with E-state index in [0.29, 0.717) is 18.0 Å². The zero-order valence-electron chi connectivity index (χ0n) is 20.0. The molecule has 0 aliphatic carbocycles. The Morgan fingerprint density at radius 1 is 1.11 bits per heavy atom. The zero-order valence-corrected chi connectivity index (χ0v) is 20.9. The van der Waals surface area contributed by atoms with Crippen LogP contribution in [0.3, 0.4) is 0 Å². The summed E-state index contributed by atoms with van der Waals surface area (Å²) in [6.07, 6.45) is 1.80. The fraction of sp³-hybridized carbons (Fsp3) is 0.179. The lowest BCUT2D eigenvalue weighted by atomic mass is 10.1. The van der Waals surface area contributed by atoms with Gasteiger partial charge in [-0.2, -0.15) is 5.10 Å². The maximum atomic E-state index is 11.8. The van der Waals surface area contributed by atoms with Crippen LogP contribution in [0.4, 0.5) is 5.69 Å². The van der Waals surface area contributed by atoms with Crippen LogP contribution < -0.4 is 19.6 Å². The number of carbonyl (C=O) groups excluding carboxylic acids is 1. The molecule has 182 valence electrons. The first-order valence-electron chi connectivity index (χ1n) is 11.7. The highest BCUT2D eigenvalue weighted by Gasteiger charge is 2.18. The summed E-state index contributed by atoms with van der Waals surface area (Å²) in [5.74, 6) is 1.26. The Kier molecular flexibility index (Phi) is 6.95. The van der Waals surface area contributed by atoms with Crippen LogP contribution in [0.2, 0.25) is 0 Å². The molecule has 7 nitrogen and oxygen atoms in total. The number of hydrogen-bond acceptors (Lipinski definition) is 6. The Hall–Kier alpha value is -4.17. The summed E-state index contributed by atoms with van der Waals surface area (Å²) in [7, 11) is 0. The highest BCUT2D eigenvalue weighted by atomic mass is 32.1. The normalized spacial score (nSPS) is 13.5. The van der Waals surface area contributed by atoms with Gasteiger partial charge in [0.05, 0.1) is 17.6 Å². The van der Waals surface area contributed by atoms with Crippen LogP contribution in [0.5, 0.6) is 11.5 Å². The molecular weight excluding hydrogens is 472 g/mol. The van der Waals surface area contributed by atoms with E-state index in [1.807, 2.05) is 96.7 Å². The number of ether oxygens (including phenoxy) is 2. The van der Waals surface area contributed by atoms with Crippen LogP contribution in [-0.2, 0) is 11.4 Å². The average Bonchev–Trinajstić information content (AvgIpc) is 3.28. The van der Waals surface area contributed by atoms with Crippen molar-refractivity contribution >= 4 is 29.1 Å². The molecule has 0 saturated carbocycles. The third-order valence-corrected chi connectivity index (χ3v) is 6.22. The Balaban J connectivity index is 1.44. The average molecular weight is 499 g/mol. The van der Waals surface area contributed by atoms with Crippen molar-refractivity contribution in [1.29, 1.82) is 0 Å². The fourth-order valence-corrected chi connectivity index (χ4v) is 4.68. The van der Waals surface area contributed by atoms with Crippen molar-refractivity contribution in [2.24, 2.45) is 10.1 Å². The van der Waals surface area contributed by atoms with Crippen LogP contribution in [0, 0.1) is 0 Å². The van der Waals surface area contributed by atoms with Crippen LogP contribution in [0.15, 0.2) is 88.3 Å². The number of aromatic nitrogens is 1. The molecule has 8 heteroatoms. The third kappa shape index (κ3) is 5.55. The molecule has 5 rings (SSSR count). The lowest BCUT2D eigenvalue weighted by Crippen LogP contribution is -2.25. The van der Waals surface area contributed by atoms with E-state index in [0.717, 1.165) is 32.9 Å². The van der Waals surface area contributed by atoms with Gasteiger partial charge in [0.15, 0.2) is 6.61 Å². The van der Waals surface area contributed by atoms with Crippen LogP contribution in [-0.4, -0.2) is 29.4 Å². The van der Waals surface area contributed by atoms with Gasteiger partial charge in [-0.25, -0.2) is 4.68 Å². The molecule has 0 fully saturated rings. The number of carbonyl (C=O) groups is 1. The maximum absolute atomic E-state index is 11.8. The topological polar surface area (TPSA) is 77.2 Å². The monoisotopic (exact) mass is 498 g/mol. The first kappa shape index (κ1) is 23.6. The molecule has 36 heavy (non-hydrogen) atoms. The van der Waals surface area contributed by atoms with E-state index in [4.69, 9.17) is 19.6 Å². The van der Waals surface area contributed by atoms with Crippen LogP contribution in [0.1, 0.15) is 25.0 Å². The molecule has 0 spiro atoms. The highest BCUT2D eigenvalue weighted by molar-refractivity contribution is 7.07. The Morgan fingerprint density at radius 3 is 2.81 bits per heavy atom. The lowest BCUT2D eigenvalue weighted by Gasteiger charge is -2.18. The summed E-state index contributed by atoms with van der Waals surface area (Å²) >= 11 is 1.52. The quantitative estimate of drug-likeness (QED) is 0.351. The minimum Gasteiger partial charge on any atom is -0.489 e. The van der Waals surface area contributed by atoms with Gasteiger partial charge >= 0.3 is 0 Å². The fourth-order valence-electron chi connectivity index (χ4n) is 3.71. The SMILES string of the molecule is CC(C)N=c1scc(-c2ccc3c(c2)NC(=O)CO3)n1N=Cc1cccc(OCc2ccccc2)c1. The van der Waals surface area contributed by atoms with E-state index >= 15 is 0 Å². The van der Waals surface area contributed by atoms with E-state index in [-0.39, 0.29) is 18.6 Å². The molecule has 1 aliphatic rings. The molecule has 2 heterocycles. The minimum atomic E-state index is -0.166. The molecule has 1 aliphatic heterocycles. The number of anilines is 1. The molecule has 0 unspecified atom stereocenters. The number of rotatable bonds is 7. The van der Waals surface area contributed by atoms with Gasteiger partial charge in [0.2, 0.25) is 4.80 Å². The van der Waals surface area contributed by atoms with E-state index in [1.54, 1.807) is 6.21 Å². The van der Waals surface area contributed by atoms with Crippen LogP contribution in [0.25, 0.3) is 11.3 Å². The minimum absolute atomic E-state index is 0.0284.